The maximum absolute atomic E-state index is 12.3. The van der Waals surface area contributed by atoms with Crippen molar-refractivity contribution in [3.8, 4) is 11.4 Å². The lowest BCUT2D eigenvalue weighted by atomic mass is 10.2. The molecule has 1 atom stereocenters. The summed E-state index contributed by atoms with van der Waals surface area (Å²) in [7, 11) is 0. The van der Waals surface area contributed by atoms with E-state index in [2.05, 4.69) is 27.8 Å². The van der Waals surface area contributed by atoms with Crippen molar-refractivity contribution < 1.29 is 9.59 Å². The highest BCUT2D eigenvalue weighted by Gasteiger charge is 2.22. The monoisotopic (exact) mass is 409 g/mol. The molecule has 0 saturated heterocycles. The first-order valence-corrected chi connectivity index (χ1v) is 10.0. The van der Waals surface area contributed by atoms with Crippen molar-refractivity contribution in [3.63, 3.8) is 0 Å². The first kappa shape index (κ1) is 21.2. The number of imide groups is 1. The van der Waals surface area contributed by atoms with Crippen molar-refractivity contribution in [3.05, 3.63) is 29.3 Å². The van der Waals surface area contributed by atoms with E-state index < -0.39 is 11.3 Å². The Hall–Kier alpha value is -2.06. The summed E-state index contributed by atoms with van der Waals surface area (Å²) in [6.45, 7) is 8.17. The largest absolute Gasteiger partial charge is 0.336 e. The van der Waals surface area contributed by atoms with E-state index in [0.717, 1.165) is 24.4 Å². The molecule has 1 heterocycles. The Labute approximate surface area is 168 Å². The predicted octanol–water partition coefficient (Wildman–Crippen LogP) is 3.72. The quantitative estimate of drug-likeness (QED) is 0.680. The molecule has 0 saturated carbocycles. The number of hydrogen-bond donors (Lipinski definition) is 2. The van der Waals surface area contributed by atoms with Gasteiger partial charge in [0.1, 0.15) is 0 Å². The summed E-state index contributed by atoms with van der Waals surface area (Å²) in [5, 5.41) is 14.3. The van der Waals surface area contributed by atoms with Crippen molar-refractivity contribution in [1.82, 2.24) is 25.4 Å². The molecule has 1 aromatic carbocycles. The van der Waals surface area contributed by atoms with E-state index in [9.17, 15) is 9.59 Å². The van der Waals surface area contributed by atoms with Gasteiger partial charge in [-0.3, -0.25) is 10.1 Å². The van der Waals surface area contributed by atoms with Gasteiger partial charge in [-0.2, -0.15) is 0 Å². The maximum Gasteiger partial charge on any atom is 0.321 e. The third-order valence-corrected chi connectivity index (χ3v) is 4.91. The van der Waals surface area contributed by atoms with Crippen LogP contribution in [-0.4, -0.2) is 38.0 Å². The lowest BCUT2D eigenvalue weighted by Gasteiger charge is -2.14. The number of rotatable bonds is 7. The van der Waals surface area contributed by atoms with E-state index in [1.165, 1.54) is 11.8 Å². The van der Waals surface area contributed by atoms with Crippen LogP contribution in [0.1, 0.15) is 34.1 Å². The van der Waals surface area contributed by atoms with E-state index in [1.54, 1.807) is 19.1 Å². The number of thioether (sulfide) groups is 1. The molecule has 27 heavy (non-hydrogen) atoms. The van der Waals surface area contributed by atoms with Gasteiger partial charge in [0, 0.05) is 23.2 Å². The normalized spacial score (nSPS) is 12.1. The number of halogens is 1. The van der Waals surface area contributed by atoms with Crippen molar-refractivity contribution in [1.29, 1.82) is 0 Å². The van der Waals surface area contributed by atoms with Gasteiger partial charge in [0.25, 0.3) is 0 Å². The second kappa shape index (κ2) is 9.75. The average molecular weight is 410 g/mol. The molecule has 2 N–H and O–H groups in total. The van der Waals surface area contributed by atoms with Crippen LogP contribution in [0.5, 0.6) is 0 Å². The highest BCUT2D eigenvalue weighted by Crippen LogP contribution is 2.27. The van der Waals surface area contributed by atoms with Gasteiger partial charge < -0.3 is 9.88 Å². The van der Waals surface area contributed by atoms with E-state index in [4.69, 9.17) is 11.6 Å². The number of nitrogens with zero attached hydrogens (tertiary/aromatic N) is 3. The SMILES string of the molecule is CCCn1c(S[C@@H](C)C(=O)NC(=O)NC(C)C)nnc1-c1ccc(Cl)cc1. The Kier molecular flexibility index (Phi) is 7.67. The molecule has 146 valence electrons. The molecule has 0 aliphatic rings. The maximum atomic E-state index is 12.3. The molecule has 0 unspecified atom stereocenters. The zero-order valence-corrected chi connectivity index (χ0v) is 17.4. The average Bonchev–Trinajstić information content (AvgIpc) is 2.97. The third kappa shape index (κ3) is 5.97. The Morgan fingerprint density at radius 3 is 2.44 bits per heavy atom. The number of carbonyl (C=O) groups is 2. The molecule has 3 amide bonds. The number of aromatic nitrogens is 3. The standard InChI is InChI=1S/C18H24ClN5O2S/c1-5-10-24-15(13-6-8-14(19)9-7-13)22-23-18(24)27-12(4)16(25)21-17(26)20-11(2)3/h6-9,11-12H,5,10H2,1-4H3,(H2,20,21,25,26)/t12-/m0/s1. The molecular formula is C18H24ClN5O2S. The minimum Gasteiger partial charge on any atom is -0.336 e. The second-order valence-electron chi connectivity index (χ2n) is 6.34. The number of amides is 3. The predicted molar refractivity (Wildman–Crippen MR) is 108 cm³/mol. The molecule has 0 aliphatic heterocycles. The van der Waals surface area contributed by atoms with Crippen molar-refractivity contribution in [2.24, 2.45) is 0 Å². The summed E-state index contributed by atoms with van der Waals surface area (Å²) in [4.78, 5) is 24.0. The summed E-state index contributed by atoms with van der Waals surface area (Å²) in [6, 6.07) is 6.84. The number of carbonyl (C=O) groups excluding carboxylic acids is 2. The smallest absolute Gasteiger partial charge is 0.321 e. The van der Waals surface area contributed by atoms with E-state index in [1.807, 2.05) is 30.5 Å². The first-order chi connectivity index (χ1) is 12.8. The van der Waals surface area contributed by atoms with Gasteiger partial charge in [-0.1, -0.05) is 30.3 Å². The molecule has 2 aromatic rings. The fraction of sp³-hybridized carbons (Fsp3) is 0.444. The molecular weight excluding hydrogens is 386 g/mol. The van der Waals surface area contributed by atoms with Crippen molar-refractivity contribution in [2.45, 2.75) is 57.1 Å². The van der Waals surface area contributed by atoms with Crippen LogP contribution in [0.25, 0.3) is 11.4 Å². The van der Waals surface area contributed by atoms with Crippen molar-refractivity contribution >= 4 is 35.3 Å². The minimum absolute atomic E-state index is 0.0460. The number of hydrogen-bond acceptors (Lipinski definition) is 5. The number of urea groups is 1. The molecule has 7 nitrogen and oxygen atoms in total. The molecule has 9 heteroatoms. The molecule has 0 bridgehead atoms. The van der Waals surface area contributed by atoms with Gasteiger partial charge in [0.15, 0.2) is 11.0 Å². The zero-order valence-electron chi connectivity index (χ0n) is 15.8. The van der Waals surface area contributed by atoms with Crippen LogP contribution >= 0.6 is 23.4 Å². The fourth-order valence-corrected chi connectivity index (χ4v) is 3.34. The highest BCUT2D eigenvalue weighted by molar-refractivity contribution is 8.00. The van der Waals surface area contributed by atoms with Crippen LogP contribution in [0.4, 0.5) is 4.79 Å². The highest BCUT2D eigenvalue weighted by atomic mass is 35.5. The van der Waals surface area contributed by atoms with Gasteiger partial charge in [0.05, 0.1) is 5.25 Å². The van der Waals surface area contributed by atoms with Crippen molar-refractivity contribution in [2.75, 3.05) is 0 Å². The van der Waals surface area contributed by atoms with Crippen LogP contribution < -0.4 is 10.6 Å². The van der Waals surface area contributed by atoms with Gasteiger partial charge in [0.2, 0.25) is 5.91 Å². The van der Waals surface area contributed by atoms with Gasteiger partial charge in [-0.15, -0.1) is 10.2 Å². The summed E-state index contributed by atoms with van der Waals surface area (Å²) in [6.07, 6.45) is 0.892. The molecule has 0 radical (unpaired) electrons. The van der Waals surface area contributed by atoms with E-state index in [-0.39, 0.29) is 11.9 Å². The molecule has 2 rings (SSSR count). The fourth-order valence-electron chi connectivity index (χ4n) is 2.34. The minimum atomic E-state index is -0.501. The molecule has 0 spiro atoms. The lowest BCUT2D eigenvalue weighted by molar-refractivity contribution is -0.119. The van der Waals surface area contributed by atoms with Crippen LogP contribution in [0.3, 0.4) is 0 Å². The topological polar surface area (TPSA) is 88.9 Å². The van der Waals surface area contributed by atoms with Crippen LogP contribution in [0.2, 0.25) is 5.02 Å². The Balaban J connectivity index is 2.14. The van der Waals surface area contributed by atoms with Crippen LogP contribution in [-0.2, 0) is 11.3 Å². The van der Waals surface area contributed by atoms with Gasteiger partial charge in [-0.05, 0) is 51.5 Å². The van der Waals surface area contributed by atoms with E-state index >= 15 is 0 Å². The van der Waals surface area contributed by atoms with Gasteiger partial charge in [-0.25, -0.2) is 4.79 Å². The molecule has 0 aliphatic carbocycles. The van der Waals surface area contributed by atoms with E-state index in [0.29, 0.717) is 10.2 Å². The third-order valence-electron chi connectivity index (χ3n) is 3.57. The Bertz CT molecular complexity index is 792. The molecule has 1 aromatic heterocycles. The van der Waals surface area contributed by atoms with Crippen LogP contribution in [0, 0.1) is 0 Å². The summed E-state index contributed by atoms with van der Waals surface area (Å²) in [5.41, 5.74) is 0.903. The summed E-state index contributed by atoms with van der Waals surface area (Å²) < 4.78 is 1.98. The Morgan fingerprint density at radius 1 is 1.19 bits per heavy atom. The second-order valence-corrected chi connectivity index (χ2v) is 8.09. The summed E-state index contributed by atoms with van der Waals surface area (Å²) in [5.74, 6) is 0.346. The molecule has 0 fully saturated rings. The first-order valence-electron chi connectivity index (χ1n) is 8.79. The lowest BCUT2D eigenvalue weighted by Crippen LogP contribution is -2.45. The Morgan fingerprint density at radius 2 is 1.85 bits per heavy atom. The summed E-state index contributed by atoms with van der Waals surface area (Å²) >= 11 is 7.23. The number of benzene rings is 1. The number of nitrogens with one attached hydrogen (secondary N) is 2. The van der Waals surface area contributed by atoms with Crippen LogP contribution in [0.15, 0.2) is 29.4 Å². The zero-order chi connectivity index (χ0) is 20.0. The van der Waals surface area contributed by atoms with Gasteiger partial charge >= 0.3 is 6.03 Å².